The van der Waals surface area contributed by atoms with Gasteiger partial charge in [0.1, 0.15) is 0 Å². The third kappa shape index (κ3) is 5.02. The number of hydrogen-bond donors (Lipinski definition) is 2. The summed E-state index contributed by atoms with van der Waals surface area (Å²) in [5.41, 5.74) is 1.20. The maximum Gasteiger partial charge on any atom is 0.322 e. The first kappa shape index (κ1) is 21.7. The minimum atomic E-state index is -0.582. The summed E-state index contributed by atoms with van der Waals surface area (Å²) in [7, 11) is 0. The van der Waals surface area contributed by atoms with Crippen LogP contribution in [0.5, 0.6) is 0 Å². The van der Waals surface area contributed by atoms with Gasteiger partial charge < -0.3 is 9.73 Å². The van der Waals surface area contributed by atoms with E-state index in [0.717, 1.165) is 0 Å². The lowest BCUT2D eigenvalue weighted by Gasteiger charge is -2.10. The number of carbonyl (C=O) groups excluding carboxylic acids is 2. The predicted octanol–water partition coefficient (Wildman–Crippen LogP) is 4.80. The number of anilines is 2. The number of halogens is 1. The van der Waals surface area contributed by atoms with Crippen LogP contribution in [0.4, 0.5) is 17.4 Å². The lowest BCUT2D eigenvalue weighted by molar-refractivity contribution is -0.384. The van der Waals surface area contributed by atoms with Gasteiger partial charge in [-0.3, -0.25) is 25.0 Å². The van der Waals surface area contributed by atoms with Gasteiger partial charge in [0, 0.05) is 28.3 Å². The zero-order valence-corrected chi connectivity index (χ0v) is 17.4. The molecule has 0 aliphatic rings. The number of carbonyl (C=O) groups is 2. The SMILES string of the molecule is O=C(Nc1ccccc1C(=O)Nc1nnc(-c2ccc([N+](=O)[O-])cc2)o1)c1ccc(Cl)cc1. The van der Waals surface area contributed by atoms with Crippen molar-refractivity contribution in [3.8, 4) is 11.5 Å². The quantitative estimate of drug-likeness (QED) is 0.309. The van der Waals surface area contributed by atoms with Gasteiger partial charge in [-0.2, -0.15) is 0 Å². The molecule has 2 amide bonds. The molecule has 0 saturated carbocycles. The largest absolute Gasteiger partial charge is 0.403 e. The van der Waals surface area contributed by atoms with Crippen LogP contribution in [-0.4, -0.2) is 26.9 Å². The van der Waals surface area contributed by atoms with Gasteiger partial charge in [-0.25, -0.2) is 0 Å². The first-order valence-corrected chi connectivity index (χ1v) is 9.84. The van der Waals surface area contributed by atoms with Gasteiger partial charge in [-0.1, -0.05) is 28.8 Å². The molecule has 0 radical (unpaired) electrons. The fraction of sp³-hybridized carbons (Fsp3) is 0. The van der Waals surface area contributed by atoms with Crippen molar-refractivity contribution in [3.05, 3.63) is 99.1 Å². The Kier molecular flexibility index (Phi) is 6.09. The second kappa shape index (κ2) is 9.28. The van der Waals surface area contributed by atoms with E-state index in [2.05, 4.69) is 20.8 Å². The van der Waals surface area contributed by atoms with E-state index in [0.29, 0.717) is 16.1 Å². The molecule has 3 aromatic carbocycles. The highest BCUT2D eigenvalue weighted by molar-refractivity contribution is 6.30. The van der Waals surface area contributed by atoms with Crippen LogP contribution in [-0.2, 0) is 0 Å². The average Bonchev–Trinajstić information content (AvgIpc) is 3.28. The van der Waals surface area contributed by atoms with Crippen molar-refractivity contribution in [1.29, 1.82) is 0 Å². The van der Waals surface area contributed by atoms with E-state index in [1.54, 1.807) is 42.5 Å². The number of aromatic nitrogens is 2. The van der Waals surface area contributed by atoms with E-state index >= 15 is 0 Å². The number of nitrogens with one attached hydrogen (secondary N) is 2. The summed E-state index contributed by atoms with van der Waals surface area (Å²) in [4.78, 5) is 35.5. The Balaban J connectivity index is 1.49. The Morgan fingerprint density at radius 3 is 2.27 bits per heavy atom. The lowest BCUT2D eigenvalue weighted by atomic mass is 10.1. The molecule has 0 spiro atoms. The lowest BCUT2D eigenvalue weighted by Crippen LogP contribution is -2.18. The number of nitro benzene ring substituents is 1. The molecule has 0 aliphatic carbocycles. The third-order valence-corrected chi connectivity index (χ3v) is 4.75. The molecule has 0 aliphatic heterocycles. The number of non-ortho nitro benzene ring substituents is 1. The summed E-state index contributed by atoms with van der Waals surface area (Å²) in [5, 5.41) is 24.1. The van der Waals surface area contributed by atoms with Crippen LogP contribution in [0.2, 0.25) is 5.02 Å². The number of amides is 2. The zero-order valence-electron chi connectivity index (χ0n) is 16.7. The number of nitrogens with zero attached hydrogens (tertiary/aromatic N) is 3. The Hall–Kier alpha value is -4.57. The summed E-state index contributed by atoms with van der Waals surface area (Å²) in [6, 6.07) is 18.1. The normalized spacial score (nSPS) is 10.5. The van der Waals surface area contributed by atoms with Crippen molar-refractivity contribution in [2.24, 2.45) is 0 Å². The second-order valence-electron chi connectivity index (χ2n) is 6.68. The molecule has 4 aromatic rings. The molecule has 0 fully saturated rings. The molecule has 0 bridgehead atoms. The van der Waals surface area contributed by atoms with Gasteiger partial charge in [0.25, 0.3) is 17.5 Å². The molecular formula is C22H14ClN5O5. The van der Waals surface area contributed by atoms with Crippen LogP contribution in [0.1, 0.15) is 20.7 Å². The summed E-state index contributed by atoms with van der Waals surface area (Å²) in [6.07, 6.45) is 0. The number of para-hydroxylation sites is 1. The smallest absolute Gasteiger partial charge is 0.322 e. The highest BCUT2D eigenvalue weighted by atomic mass is 35.5. The molecule has 1 heterocycles. The van der Waals surface area contributed by atoms with Crippen LogP contribution in [0.3, 0.4) is 0 Å². The molecule has 11 heteroatoms. The van der Waals surface area contributed by atoms with E-state index < -0.39 is 16.7 Å². The number of benzene rings is 3. The summed E-state index contributed by atoms with van der Waals surface area (Å²) in [6.45, 7) is 0. The molecule has 33 heavy (non-hydrogen) atoms. The molecule has 10 nitrogen and oxygen atoms in total. The molecule has 4 rings (SSSR count). The van der Waals surface area contributed by atoms with Crippen LogP contribution in [0.25, 0.3) is 11.5 Å². The maximum atomic E-state index is 12.8. The van der Waals surface area contributed by atoms with Gasteiger partial charge in [0.15, 0.2) is 0 Å². The molecular weight excluding hydrogens is 450 g/mol. The fourth-order valence-electron chi connectivity index (χ4n) is 2.87. The van der Waals surface area contributed by atoms with Crippen molar-refractivity contribution >= 4 is 40.8 Å². The minimum Gasteiger partial charge on any atom is -0.403 e. The predicted molar refractivity (Wildman–Crippen MR) is 120 cm³/mol. The topological polar surface area (TPSA) is 140 Å². The van der Waals surface area contributed by atoms with Crippen molar-refractivity contribution < 1.29 is 18.9 Å². The first-order valence-electron chi connectivity index (χ1n) is 9.46. The minimum absolute atomic E-state index is 0.0736. The van der Waals surface area contributed by atoms with Gasteiger partial charge in [-0.15, -0.1) is 5.10 Å². The van der Waals surface area contributed by atoms with E-state index in [9.17, 15) is 19.7 Å². The summed E-state index contributed by atoms with van der Waals surface area (Å²) in [5.74, 6) is -0.921. The van der Waals surface area contributed by atoms with Gasteiger partial charge in [-0.05, 0) is 48.5 Å². The van der Waals surface area contributed by atoms with Crippen molar-refractivity contribution in [2.45, 2.75) is 0 Å². The number of hydrogen-bond acceptors (Lipinski definition) is 7. The number of rotatable bonds is 6. The molecule has 0 unspecified atom stereocenters. The van der Waals surface area contributed by atoms with Crippen LogP contribution in [0, 0.1) is 10.1 Å². The van der Waals surface area contributed by atoms with E-state index in [1.807, 2.05) is 0 Å². The van der Waals surface area contributed by atoms with Gasteiger partial charge in [0.05, 0.1) is 16.2 Å². The number of nitro groups is 1. The van der Waals surface area contributed by atoms with Gasteiger partial charge in [0.2, 0.25) is 5.89 Å². The molecule has 2 N–H and O–H groups in total. The summed E-state index contributed by atoms with van der Waals surface area (Å²) < 4.78 is 5.44. The Labute approximate surface area is 191 Å². The first-order chi connectivity index (χ1) is 15.9. The zero-order chi connectivity index (χ0) is 23.4. The Morgan fingerprint density at radius 2 is 1.58 bits per heavy atom. The van der Waals surface area contributed by atoms with Crippen molar-refractivity contribution in [3.63, 3.8) is 0 Å². The van der Waals surface area contributed by atoms with E-state index in [1.165, 1.54) is 30.3 Å². The van der Waals surface area contributed by atoms with Crippen LogP contribution >= 0.6 is 11.6 Å². The molecule has 164 valence electrons. The van der Waals surface area contributed by atoms with Crippen molar-refractivity contribution in [2.75, 3.05) is 10.6 Å². The monoisotopic (exact) mass is 463 g/mol. The van der Waals surface area contributed by atoms with Crippen LogP contribution < -0.4 is 10.6 Å². The van der Waals surface area contributed by atoms with E-state index in [4.69, 9.17) is 16.0 Å². The molecule has 0 atom stereocenters. The molecule has 0 saturated heterocycles. The highest BCUT2D eigenvalue weighted by Gasteiger charge is 2.17. The van der Waals surface area contributed by atoms with Gasteiger partial charge >= 0.3 is 6.01 Å². The van der Waals surface area contributed by atoms with E-state index in [-0.39, 0.29) is 28.8 Å². The fourth-order valence-corrected chi connectivity index (χ4v) is 2.99. The maximum absolute atomic E-state index is 12.8. The Bertz CT molecular complexity index is 1340. The molecule has 1 aromatic heterocycles. The summed E-state index contributed by atoms with van der Waals surface area (Å²) >= 11 is 5.85. The average molecular weight is 464 g/mol. The third-order valence-electron chi connectivity index (χ3n) is 4.50. The van der Waals surface area contributed by atoms with Crippen molar-refractivity contribution in [1.82, 2.24) is 10.2 Å². The second-order valence-corrected chi connectivity index (χ2v) is 7.11. The highest BCUT2D eigenvalue weighted by Crippen LogP contribution is 2.24. The standard InChI is InChI=1S/C22H14ClN5O5/c23-15-9-5-13(6-10-15)19(29)24-18-4-2-1-3-17(18)20(30)25-22-27-26-21(33-22)14-7-11-16(12-8-14)28(31)32/h1-12H,(H,24,29)(H,25,27,30). The van der Waals surface area contributed by atoms with Crippen LogP contribution in [0.15, 0.2) is 77.2 Å². The Morgan fingerprint density at radius 1 is 0.879 bits per heavy atom.